The zero-order valence-electron chi connectivity index (χ0n) is 54.2. The summed E-state index contributed by atoms with van der Waals surface area (Å²) >= 11 is 0. The predicted molar refractivity (Wildman–Crippen MR) is 345 cm³/mol. The molecule has 0 aromatic heterocycles. The fourth-order valence-electron chi connectivity index (χ4n) is 11.0. The minimum Gasteiger partial charge on any atom is -0.370 e. The van der Waals surface area contributed by atoms with Gasteiger partial charge in [-0.15, -0.1) is 0 Å². The van der Waals surface area contributed by atoms with Crippen molar-refractivity contribution < 1.29 is 67.1 Å². The molecule has 19 N–H and O–H groups in total. The van der Waals surface area contributed by atoms with E-state index in [-0.39, 0.29) is 70.0 Å². The molecule has 2 aliphatic heterocycles. The third kappa shape index (κ3) is 26.1. The van der Waals surface area contributed by atoms with E-state index in [0.717, 1.165) is 6.42 Å². The highest BCUT2D eigenvalue weighted by Gasteiger charge is 2.42. The number of nitrogens with zero attached hydrogens (tertiary/aromatic N) is 3. The van der Waals surface area contributed by atoms with Gasteiger partial charge in [-0.2, -0.15) is 0 Å². The molecule has 2 saturated heterocycles. The maximum atomic E-state index is 14.6. The fourth-order valence-corrected chi connectivity index (χ4v) is 11.0. The largest absolute Gasteiger partial charge is 0.370 e. The van der Waals surface area contributed by atoms with E-state index in [0.29, 0.717) is 43.2 Å². The molecular formula is C63H95N17O14. The van der Waals surface area contributed by atoms with Crippen molar-refractivity contribution in [3.8, 4) is 0 Å². The molecule has 2 heterocycles. The number of hydrogen-bond acceptors (Lipinski definition) is 15. The first-order chi connectivity index (χ1) is 44.6. The molecule has 0 aliphatic carbocycles. The van der Waals surface area contributed by atoms with E-state index in [1.165, 1.54) is 23.6 Å². The van der Waals surface area contributed by atoms with Crippen LogP contribution in [-0.4, -0.2) is 185 Å². The van der Waals surface area contributed by atoms with Crippen molar-refractivity contribution in [3.63, 3.8) is 0 Å². The number of primary amides is 3. The number of aliphatic imine (C=N–C) groups is 1. The van der Waals surface area contributed by atoms with Gasteiger partial charge in [0.25, 0.3) is 0 Å². The van der Waals surface area contributed by atoms with Crippen LogP contribution in [0, 0.1) is 5.92 Å². The maximum Gasteiger partial charge on any atom is 0.245 e. The number of nitrogens with two attached hydrogens (primary N) is 5. The lowest BCUT2D eigenvalue weighted by Gasteiger charge is -2.31. The number of nitrogens with one attached hydrogen (secondary N) is 9. The first-order valence-corrected chi connectivity index (χ1v) is 31.8. The van der Waals surface area contributed by atoms with E-state index in [9.17, 15) is 67.1 Å². The van der Waals surface area contributed by atoms with Gasteiger partial charge in [-0.05, 0) is 88.2 Å². The summed E-state index contributed by atoms with van der Waals surface area (Å²) in [6.45, 7) is 8.02. The van der Waals surface area contributed by atoms with E-state index in [1.807, 2.05) is 20.8 Å². The van der Waals surface area contributed by atoms with E-state index >= 15 is 0 Å². The molecule has 2 aromatic carbocycles. The van der Waals surface area contributed by atoms with Crippen LogP contribution in [0.5, 0.6) is 0 Å². The van der Waals surface area contributed by atoms with Gasteiger partial charge in [0, 0.05) is 52.2 Å². The monoisotopic (exact) mass is 1310 g/mol. The molecule has 2 fully saturated rings. The van der Waals surface area contributed by atoms with Crippen LogP contribution in [0.25, 0.3) is 0 Å². The van der Waals surface area contributed by atoms with Crippen molar-refractivity contribution in [1.29, 1.82) is 0 Å². The van der Waals surface area contributed by atoms with E-state index in [2.05, 4.69) is 52.8 Å². The van der Waals surface area contributed by atoms with E-state index < -0.39 is 175 Å². The number of carbonyl (C=O) groups is 14. The summed E-state index contributed by atoms with van der Waals surface area (Å²) in [5, 5.41) is 23.5. The summed E-state index contributed by atoms with van der Waals surface area (Å²) in [6.07, 6.45) is 1.38. The molecule has 516 valence electrons. The Bertz CT molecular complexity index is 3000. The van der Waals surface area contributed by atoms with Gasteiger partial charge in [0.15, 0.2) is 5.96 Å². The zero-order chi connectivity index (χ0) is 69.6. The van der Waals surface area contributed by atoms with Crippen LogP contribution in [0.1, 0.15) is 136 Å². The Labute approximate surface area is 546 Å². The Morgan fingerprint density at radius 1 is 0.511 bits per heavy atom. The molecule has 0 radical (unpaired) electrons. The van der Waals surface area contributed by atoms with E-state index in [1.54, 1.807) is 60.7 Å². The third-order valence-electron chi connectivity index (χ3n) is 15.8. The average Bonchev–Trinajstić information content (AvgIpc) is 1.53. The van der Waals surface area contributed by atoms with Gasteiger partial charge in [-0.1, -0.05) is 94.3 Å². The first kappa shape index (κ1) is 76.7. The van der Waals surface area contributed by atoms with Crippen LogP contribution in [0.3, 0.4) is 0 Å². The van der Waals surface area contributed by atoms with Crippen LogP contribution in [0.15, 0.2) is 65.7 Å². The second-order valence-electron chi connectivity index (χ2n) is 24.0. The summed E-state index contributed by atoms with van der Waals surface area (Å²) in [6, 6.07) is 4.33. The van der Waals surface area contributed by atoms with Gasteiger partial charge < -0.3 is 86.3 Å². The first-order valence-electron chi connectivity index (χ1n) is 31.8. The lowest BCUT2D eigenvalue weighted by atomic mass is 10.0. The lowest BCUT2D eigenvalue weighted by molar-refractivity contribution is -0.144. The Kier molecular flexibility index (Phi) is 31.8. The van der Waals surface area contributed by atoms with Crippen LogP contribution < -0.4 is 76.5 Å². The molecule has 94 heavy (non-hydrogen) atoms. The highest BCUT2D eigenvalue weighted by Crippen LogP contribution is 2.23. The zero-order valence-corrected chi connectivity index (χ0v) is 54.2. The number of guanidine groups is 1. The normalized spacial score (nSPS) is 16.8. The van der Waals surface area contributed by atoms with Crippen molar-refractivity contribution in [2.45, 2.75) is 198 Å². The molecule has 0 unspecified atom stereocenters. The molecular weight excluding hydrogens is 1220 g/mol. The minimum atomic E-state index is -1.65. The summed E-state index contributed by atoms with van der Waals surface area (Å²) < 4.78 is 0. The lowest BCUT2D eigenvalue weighted by Crippen LogP contribution is -2.60. The molecule has 31 heteroatoms. The number of amides is 14. The highest BCUT2D eigenvalue weighted by molar-refractivity contribution is 5.99. The summed E-state index contributed by atoms with van der Waals surface area (Å²) in [5.41, 5.74) is 28.5. The van der Waals surface area contributed by atoms with Gasteiger partial charge in [0.1, 0.15) is 60.4 Å². The molecule has 31 nitrogen and oxygen atoms in total. The number of rotatable bonds is 39. The highest BCUT2D eigenvalue weighted by atomic mass is 16.2. The van der Waals surface area contributed by atoms with Gasteiger partial charge in [0.2, 0.25) is 82.7 Å². The Morgan fingerprint density at radius 2 is 0.968 bits per heavy atom. The van der Waals surface area contributed by atoms with Gasteiger partial charge in [-0.25, -0.2) is 0 Å². The second-order valence-corrected chi connectivity index (χ2v) is 24.0. The quantitative estimate of drug-likeness (QED) is 0.0178. The van der Waals surface area contributed by atoms with Crippen LogP contribution in [0.4, 0.5) is 0 Å². The molecule has 14 amide bonds. The molecule has 4 rings (SSSR count). The van der Waals surface area contributed by atoms with Crippen molar-refractivity contribution in [2.24, 2.45) is 39.6 Å². The van der Waals surface area contributed by atoms with Gasteiger partial charge >= 0.3 is 0 Å². The standard InChI is InChI=1S/C63H95N17O14/c1-6-7-21-41(53(66)85)74-57(89)45(32-36(2)3)73-52(84)35-70-54(86)46(33-39-17-10-8-11-18-39)77-58(90)47(34-40-19-12-9-13-20-40)78-56(88)42(25-27-50(64)82)75-55(87)43(26-28-51(65)83)76-60(92)49-24-15-30-79(49)61(93)37(4)71-59(91)48-23-16-31-80(48)62(94)44(72-38(5)81)22-14-29-69-63(67)68/h8-13,17-20,36-37,41-49H,6-7,14-16,21-35H2,1-5H3,(H2,64,82)(H2,65,83)(H2,66,85)(H,70,86)(H,71,91)(H,72,81)(H,73,84)(H,74,89)(H,75,87)(H,76,92)(H,77,90)(H,78,88)(H4,67,68,69)/t37-,41-,42-,43-,44-,45-,46-,47-,48-,49-/m0/s1. The van der Waals surface area contributed by atoms with Gasteiger partial charge in [-0.3, -0.25) is 72.1 Å². The Morgan fingerprint density at radius 3 is 1.46 bits per heavy atom. The van der Waals surface area contributed by atoms with Crippen molar-refractivity contribution in [3.05, 3.63) is 71.8 Å². The fraction of sp³-hybridized carbons (Fsp3) is 0.571. The summed E-state index contributed by atoms with van der Waals surface area (Å²) in [4.78, 5) is 196. The van der Waals surface area contributed by atoms with Crippen LogP contribution in [0.2, 0.25) is 0 Å². The number of benzene rings is 2. The molecule has 0 spiro atoms. The maximum absolute atomic E-state index is 14.6. The van der Waals surface area contributed by atoms with E-state index in [4.69, 9.17) is 28.7 Å². The van der Waals surface area contributed by atoms with Crippen LogP contribution >= 0.6 is 0 Å². The summed E-state index contributed by atoms with van der Waals surface area (Å²) in [5.74, 6) is -11.0. The number of unbranched alkanes of at least 4 members (excludes halogenated alkanes) is 1. The topological polar surface area (TPSA) is 496 Å². The minimum absolute atomic E-state index is 0.0607. The molecule has 0 saturated carbocycles. The Balaban J connectivity index is 1.53. The summed E-state index contributed by atoms with van der Waals surface area (Å²) in [7, 11) is 0. The molecule has 2 aliphatic rings. The van der Waals surface area contributed by atoms with Crippen molar-refractivity contribution >= 4 is 88.7 Å². The van der Waals surface area contributed by atoms with Gasteiger partial charge in [0.05, 0.1) is 6.54 Å². The van der Waals surface area contributed by atoms with Crippen molar-refractivity contribution in [2.75, 3.05) is 26.2 Å². The Hall–Kier alpha value is -9.71. The number of hydrogen-bond donors (Lipinski definition) is 14. The second kappa shape index (κ2) is 39.0. The molecule has 10 atom stereocenters. The SMILES string of the molecule is CCCC[C@H](NC(=O)[C@H](CC(C)C)NC(=O)CNC(=O)[C@H](Cc1ccccc1)NC(=O)[C@H](Cc1ccccc1)NC(=O)[C@H](CCC(N)=O)NC(=O)[C@H](CCC(N)=O)NC(=O)[C@@H]1CCCN1C(=O)[C@H](C)NC(=O)[C@@H]1CCCN1C(=O)[C@H](CCCN=C(N)N)NC(C)=O)C(N)=O. The predicted octanol–water partition coefficient (Wildman–Crippen LogP) is -3.21. The number of likely N-dealkylation sites (tertiary alicyclic amines) is 2. The molecule has 0 bridgehead atoms. The third-order valence-corrected chi connectivity index (χ3v) is 15.8. The number of carbonyl (C=O) groups excluding carboxylic acids is 14. The smallest absolute Gasteiger partial charge is 0.245 e. The van der Waals surface area contributed by atoms with Crippen LogP contribution in [-0.2, 0) is 80.0 Å². The average molecular weight is 1310 g/mol. The van der Waals surface area contributed by atoms with Crippen molar-refractivity contribution in [1.82, 2.24) is 57.7 Å². The molecule has 2 aromatic rings.